The molecule has 3 aromatic carbocycles. The minimum absolute atomic E-state index is 0.279. The third kappa shape index (κ3) is 4.90. The van der Waals surface area contributed by atoms with Gasteiger partial charge in [0.2, 0.25) is 5.60 Å². The van der Waals surface area contributed by atoms with E-state index in [0.29, 0.717) is 23.7 Å². The highest BCUT2D eigenvalue weighted by Crippen LogP contribution is 2.33. The average Bonchev–Trinajstić information content (AvgIpc) is 2.78. The van der Waals surface area contributed by atoms with E-state index in [4.69, 9.17) is 14.2 Å². The lowest BCUT2D eigenvalue weighted by Gasteiger charge is -2.31. The molecular formula is C24H24O6. The number of aliphatic hydroxyl groups is 1. The van der Waals surface area contributed by atoms with Crippen molar-refractivity contribution in [2.75, 3.05) is 7.11 Å². The van der Waals surface area contributed by atoms with Gasteiger partial charge in [0.15, 0.2) is 0 Å². The number of hydrogen-bond donors (Lipinski definition) is 2. The third-order valence-electron chi connectivity index (χ3n) is 4.76. The second-order valence-corrected chi connectivity index (χ2v) is 6.94. The highest BCUT2D eigenvalue weighted by molar-refractivity contribution is 5.78. The zero-order chi connectivity index (χ0) is 21.6. The first kappa shape index (κ1) is 21.2. The van der Waals surface area contributed by atoms with Gasteiger partial charge in [-0.1, -0.05) is 48.5 Å². The number of rotatable bonds is 9. The molecule has 0 aliphatic heterocycles. The fraction of sp³-hybridized carbons (Fsp3) is 0.208. The van der Waals surface area contributed by atoms with E-state index in [1.165, 1.54) is 14.0 Å². The lowest BCUT2D eigenvalue weighted by atomic mass is 9.92. The van der Waals surface area contributed by atoms with Crippen LogP contribution in [0.25, 0.3) is 0 Å². The van der Waals surface area contributed by atoms with Gasteiger partial charge in [0.05, 0.1) is 7.11 Å². The minimum atomic E-state index is -1.90. The van der Waals surface area contributed by atoms with Crippen molar-refractivity contribution in [3.63, 3.8) is 0 Å². The van der Waals surface area contributed by atoms with Crippen molar-refractivity contribution in [3.05, 3.63) is 90.0 Å². The summed E-state index contributed by atoms with van der Waals surface area (Å²) >= 11 is 0. The Kier molecular flexibility index (Phi) is 6.59. The lowest BCUT2D eigenvalue weighted by Crippen LogP contribution is -2.47. The molecule has 2 unspecified atom stereocenters. The van der Waals surface area contributed by atoms with Crippen molar-refractivity contribution in [1.29, 1.82) is 0 Å². The summed E-state index contributed by atoms with van der Waals surface area (Å²) in [4.78, 5) is 12.0. The minimum Gasteiger partial charge on any atom is -0.497 e. The number of aliphatic hydroxyl groups excluding tert-OH is 1. The van der Waals surface area contributed by atoms with Crippen molar-refractivity contribution in [3.8, 4) is 17.2 Å². The number of methoxy groups -OCH3 is 1. The van der Waals surface area contributed by atoms with Gasteiger partial charge in [-0.05, 0) is 42.3 Å². The van der Waals surface area contributed by atoms with Crippen LogP contribution in [0.1, 0.15) is 24.2 Å². The third-order valence-corrected chi connectivity index (χ3v) is 4.76. The molecule has 0 aliphatic carbocycles. The normalized spacial score (nSPS) is 13.7. The summed E-state index contributed by atoms with van der Waals surface area (Å²) in [6.45, 7) is 1.74. The van der Waals surface area contributed by atoms with Crippen molar-refractivity contribution in [1.82, 2.24) is 0 Å². The van der Waals surface area contributed by atoms with E-state index in [1.54, 1.807) is 48.5 Å². The fourth-order valence-corrected chi connectivity index (χ4v) is 2.93. The smallest absolute Gasteiger partial charge is 0.350 e. The second kappa shape index (κ2) is 9.33. The van der Waals surface area contributed by atoms with Crippen LogP contribution in [0.2, 0.25) is 0 Å². The summed E-state index contributed by atoms with van der Waals surface area (Å²) in [7, 11) is 1.51. The molecule has 0 amide bonds. The van der Waals surface area contributed by atoms with Crippen molar-refractivity contribution >= 4 is 5.97 Å². The number of carboxylic acids is 1. The number of carboxylic acid groups (broad SMARTS) is 1. The number of benzene rings is 3. The van der Waals surface area contributed by atoms with E-state index in [2.05, 4.69) is 0 Å². The van der Waals surface area contributed by atoms with Crippen LogP contribution in [0.15, 0.2) is 78.9 Å². The topological polar surface area (TPSA) is 85.2 Å². The molecular weight excluding hydrogens is 384 g/mol. The van der Waals surface area contributed by atoms with E-state index in [9.17, 15) is 15.0 Å². The molecule has 0 saturated heterocycles. The van der Waals surface area contributed by atoms with Gasteiger partial charge in [0.1, 0.15) is 30.0 Å². The first-order valence-electron chi connectivity index (χ1n) is 9.43. The lowest BCUT2D eigenvalue weighted by molar-refractivity contribution is -0.164. The van der Waals surface area contributed by atoms with E-state index in [0.717, 1.165) is 5.56 Å². The molecule has 6 heteroatoms. The Balaban J connectivity index is 1.74. The largest absolute Gasteiger partial charge is 0.497 e. The zero-order valence-electron chi connectivity index (χ0n) is 16.8. The van der Waals surface area contributed by atoms with E-state index >= 15 is 0 Å². The predicted octanol–water partition coefficient (Wildman–Crippen LogP) is 4.23. The zero-order valence-corrected chi connectivity index (χ0v) is 16.8. The Hall–Kier alpha value is -3.51. The molecule has 0 heterocycles. The summed E-state index contributed by atoms with van der Waals surface area (Å²) in [5, 5.41) is 20.6. The Morgan fingerprint density at radius 2 is 1.60 bits per heavy atom. The molecule has 156 valence electrons. The quantitative estimate of drug-likeness (QED) is 0.551. The van der Waals surface area contributed by atoms with Crippen LogP contribution >= 0.6 is 0 Å². The highest BCUT2D eigenvalue weighted by Gasteiger charge is 2.44. The van der Waals surface area contributed by atoms with Crippen LogP contribution in [-0.2, 0) is 11.4 Å². The van der Waals surface area contributed by atoms with Gasteiger partial charge >= 0.3 is 5.97 Å². The standard InChI is InChI=1S/C24H24O6/c1-24(23(26)27,30-21-10-6-9-20(15-21)28-2)22(25)18-11-13-19(14-12-18)29-16-17-7-4-3-5-8-17/h3-15,22,25H,16H2,1-2H3,(H,26,27). The Morgan fingerprint density at radius 1 is 0.933 bits per heavy atom. The van der Waals surface area contributed by atoms with Crippen LogP contribution in [0.5, 0.6) is 17.2 Å². The fourth-order valence-electron chi connectivity index (χ4n) is 2.93. The monoisotopic (exact) mass is 408 g/mol. The van der Waals surface area contributed by atoms with E-state index in [1.807, 2.05) is 30.3 Å². The number of hydrogen-bond acceptors (Lipinski definition) is 5. The first-order chi connectivity index (χ1) is 14.4. The van der Waals surface area contributed by atoms with Crippen LogP contribution in [0.3, 0.4) is 0 Å². The maximum absolute atomic E-state index is 12.0. The summed E-state index contributed by atoms with van der Waals surface area (Å²) in [5.74, 6) is 0.124. The number of ether oxygens (including phenoxy) is 3. The van der Waals surface area contributed by atoms with Gasteiger partial charge < -0.3 is 24.4 Å². The van der Waals surface area contributed by atoms with Gasteiger partial charge in [-0.15, -0.1) is 0 Å². The van der Waals surface area contributed by atoms with Gasteiger partial charge in [-0.3, -0.25) is 0 Å². The van der Waals surface area contributed by atoms with Crippen molar-refractivity contribution in [2.45, 2.75) is 25.2 Å². The molecule has 0 aromatic heterocycles. The predicted molar refractivity (Wildman–Crippen MR) is 112 cm³/mol. The number of aliphatic carboxylic acids is 1. The molecule has 3 rings (SSSR count). The molecule has 0 spiro atoms. The first-order valence-corrected chi connectivity index (χ1v) is 9.43. The van der Waals surface area contributed by atoms with Crippen LogP contribution in [0, 0.1) is 0 Å². The van der Waals surface area contributed by atoms with Crippen LogP contribution < -0.4 is 14.2 Å². The molecule has 2 atom stereocenters. The van der Waals surface area contributed by atoms with Gasteiger partial charge in [-0.2, -0.15) is 0 Å². The molecule has 0 saturated carbocycles. The van der Waals surface area contributed by atoms with Crippen molar-refractivity contribution in [2.24, 2.45) is 0 Å². The SMILES string of the molecule is COc1cccc(OC(C)(C(=O)O)C(O)c2ccc(OCc3ccccc3)cc2)c1. The van der Waals surface area contributed by atoms with Crippen LogP contribution in [0.4, 0.5) is 0 Å². The Morgan fingerprint density at radius 3 is 2.23 bits per heavy atom. The van der Waals surface area contributed by atoms with Gasteiger partial charge in [0.25, 0.3) is 0 Å². The second-order valence-electron chi connectivity index (χ2n) is 6.94. The summed E-state index contributed by atoms with van der Waals surface area (Å²) in [5.41, 5.74) is -0.472. The molecule has 0 fully saturated rings. The maximum Gasteiger partial charge on any atom is 0.350 e. The van der Waals surface area contributed by atoms with Gasteiger partial charge in [0, 0.05) is 6.07 Å². The molecule has 30 heavy (non-hydrogen) atoms. The molecule has 0 radical (unpaired) electrons. The maximum atomic E-state index is 12.0. The van der Waals surface area contributed by atoms with E-state index in [-0.39, 0.29) is 5.75 Å². The molecule has 6 nitrogen and oxygen atoms in total. The summed E-state index contributed by atoms with van der Waals surface area (Å²) < 4.78 is 16.6. The molecule has 0 aliphatic rings. The van der Waals surface area contributed by atoms with E-state index < -0.39 is 17.7 Å². The average molecular weight is 408 g/mol. The molecule has 3 aromatic rings. The number of carbonyl (C=O) groups is 1. The highest BCUT2D eigenvalue weighted by atomic mass is 16.5. The summed E-state index contributed by atoms with van der Waals surface area (Å²) in [6, 6.07) is 22.9. The van der Waals surface area contributed by atoms with Crippen molar-refractivity contribution < 1.29 is 29.2 Å². The molecule has 0 bridgehead atoms. The molecule has 2 N–H and O–H groups in total. The van der Waals surface area contributed by atoms with Gasteiger partial charge in [-0.25, -0.2) is 4.79 Å². The van der Waals surface area contributed by atoms with Crippen LogP contribution in [-0.4, -0.2) is 28.9 Å². The Bertz CT molecular complexity index is 971. The Labute approximate surface area is 175 Å². The summed E-state index contributed by atoms with van der Waals surface area (Å²) in [6.07, 6.45) is -1.41.